The molecule has 2 aromatic carbocycles. The Hall–Kier alpha value is -1.11. The van der Waals surface area contributed by atoms with Gasteiger partial charge in [-0.15, -0.1) is 0 Å². The largest absolute Gasteiger partial charge is 0.396 e. The Morgan fingerprint density at radius 1 is 1.33 bits per heavy atom. The van der Waals surface area contributed by atoms with Gasteiger partial charge in [-0.1, -0.05) is 12.1 Å². The van der Waals surface area contributed by atoms with Crippen LogP contribution in [0.3, 0.4) is 0 Å². The van der Waals surface area contributed by atoms with Crippen molar-refractivity contribution < 1.29 is 13.5 Å². The molecular formula is C12H10BrNO3S. The fraction of sp³-hybridized carbons (Fsp3) is 0.167. The quantitative estimate of drug-likeness (QED) is 0.889. The van der Waals surface area contributed by atoms with E-state index >= 15 is 0 Å². The van der Waals surface area contributed by atoms with Crippen LogP contribution in [0, 0.1) is 0 Å². The highest BCUT2D eigenvalue weighted by molar-refractivity contribution is 9.10. The number of hydrogen-bond donors (Lipinski definition) is 2. The van der Waals surface area contributed by atoms with Crippen molar-refractivity contribution in [2.75, 3.05) is 11.3 Å². The molecule has 0 amide bonds. The van der Waals surface area contributed by atoms with Crippen LogP contribution in [0.2, 0.25) is 0 Å². The highest BCUT2D eigenvalue weighted by atomic mass is 79.9. The third kappa shape index (κ3) is 1.56. The van der Waals surface area contributed by atoms with Gasteiger partial charge in [-0.3, -0.25) is 4.72 Å². The van der Waals surface area contributed by atoms with Gasteiger partial charge in [0, 0.05) is 16.5 Å². The van der Waals surface area contributed by atoms with Crippen molar-refractivity contribution in [3.63, 3.8) is 0 Å². The van der Waals surface area contributed by atoms with Gasteiger partial charge in [0.25, 0.3) is 10.0 Å². The van der Waals surface area contributed by atoms with Gasteiger partial charge in [-0.25, -0.2) is 8.42 Å². The summed E-state index contributed by atoms with van der Waals surface area (Å²) < 4.78 is 27.4. The summed E-state index contributed by atoms with van der Waals surface area (Å²) in [5, 5.41) is 10.6. The molecule has 0 bridgehead atoms. The number of aliphatic hydroxyl groups excluding tert-OH is 1. The van der Waals surface area contributed by atoms with E-state index in [-0.39, 0.29) is 6.61 Å². The second-order valence-corrected chi connectivity index (χ2v) is 6.60. The third-order valence-corrected chi connectivity index (χ3v) is 5.38. The molecule has 0 radical (unpaired) electrons. The lowest BCUT2D eigenvalue weighted by atomic mass is 10.0. The molecular weight excluding hydrogens is 318 g/mol. The minimum atomic E-state index is -3.47. The van der Waals surface area contributed by atoms with Crippen molar-refractivity contribution in [1.29, 1.82) is 0 Å². The molecule has 2 aromatic rings. The topological polar surface area (TPSA) is 66.4 Å². The van der Waals surface area contributed by atoms with Crippen LogP contribution >= 0.6 is 15.9 Å². The van der Waals surface area contributed by atoms with Crippen molar-refractivity contribution in [2.45, 2.75) is 11.3 Å². The molecule has 0 saturated carbocycles. The van der Waals surface area contributed by atoms with Gasteiger partial charge in [0.15, 0.2) is 0 Å². The molecule has 94 valence electrons. The Labute approximate surface area is 113 Å². The lowest BCUT2D eigenvalue weighted by molar-refractivity contribution is 0.299. The Balaban J connectivity index is 2.46. The number of rotatable bonds is 2. The fourth-order valence-corrected chi connectivity index (χ4v) is 4.27. The first kappa shape index (κ1) is 12.0. The SMILES string of the molecule is O=S1(=O)Nc2cccc3c(Br)c(CCO)cc1c23. The summed E-state index contributed by atoms with van der Waals surface area (Å²) in [7, 11) is -3.47. The molecule has 0 fully saturated rings. The van der Waals surface area contributed by atoms with Crippen molar-refractivity contribution in [2.24, 2.45) is 0 Å². The average Bonchev–Trinajstić information content (AvgIpc) is 2.58. The van der Waals surface area contributed by atoms with Crippen molar-refractivity contribution >= 4 is 42.4 Å². The molecule has 4 nitrogen and oxygen atoms in total. The maximum Gasteiger partial charge on any atom is 0.262 e. The highest BCUT2D eigenvalue weighted by Gasteiger charge is 2.29. The maximum absolute atomic E-state index is 12.0. The third-order valence-electron chi connectivity index (χ3n) is 3.05. The predicted molar refractivity (Wildman–Crippen MR) is 73.2 cm³/mol. The number of benzene rings is 2. The second kappa shape index (κ2) is 3.94. The second-order valence-electron chi connectivity index (χ2n) is 4.16. The first-order valence-corrected chi connectivity index (χ1v) is 7.70. The van der Waals surface area contributed by atoms with Gasteiger partial charge in [-0.2, -0.15) is 0 Å². The molecule has 1 heterocycles. The average molecular weight is 328 g/mol. The van der Waals surface area contributed by atoms with Crippen LogP contribution in [0.15, 0.2) is 33.6 Å². The van der Waals surface area contributed by atoms with Crippen molar-refractivity contribution in [3.05, 3.63) is 34.3 Å². The van der Waals surface area contributed by atoms with Crippen LogP contribution in [-0.2, 0) is 16.4 Å². The van der Waals surface area contributed by atoms with Crippen LogP contribution in [-0.4, -0.2) is 20.1 Å². The van der Waals surface area contributed by atoms with Crippen LogP contribution in [0.5, 0.6) is 0 Å². The molecule has 1 aliphatic heterocycles. The minimum Gasteiger partial charge on any atom is -0.396 e. The van der Waals surface area contributed by atoms with Crippen LogP contribution in [0.25, 0.3) is 10.8 Å². The van der Waals surface area contributed by atoms with Gasteiger partial charge in [-0.05, 0) is 45.4 Å². The van der Waals surface area contributed by atoms with Gasteiger partial charge in [0.05, 0.1) is 10.6 Å². The normalized spacial score (nSPS) is 15.9. The molecule has 1 aliphatic rings. The minimum absolute atomic E-state index is 0.0171. The van der Waals surface area contributed by atoms with E-state index in [2.05, 4.69) is 20.7 Å². The fourth-order valence-electron chi connectivity index (χ4n) is 2.27. The van der Waals surface area contributed by atoms with Gasteiger partial charge < -0.3 is 5.11 Å². The summed E-state index contributed by atoms with van der Waals surface area (Å²) in [6.07, 6.45) is 0.420. The summed E-state index contributed by atoms with van der Waals surface area (Å²) in [6.45, 7) is -0.0171. The standard InChI is InChI=1S/C12H10BrNO3S/c13-12-7(4-5-15)6-10-11-8(12)2-1-3-9(11)14-18(10,16)17/h1-3,6,14-15H,4-5H2. The molecule has 0 aromatic heterocycles. The molecule has 0 spiro atoms. The summed E-state index contributed by atoms with van der Waals surface area (Å²) in [5.74, 6) is 0. The zero-order valence-corrected chi connectivity index (χ0v) is 11.7. The molecule has 0 saturated heterocycles. The number of sulfonamides is 1. The van der Waals surface area contributed by atoms with E-state index in [1.165, 1.54) is 0 Å². The summed E-state index contributed by atoms with van der Waals surface area (Å²) in [5.41, 5.74) is 1.41. The van der Waals surface area contributed by atoms with Crippen molar-refractivity contribution in [1.82, 2.24) is 0 Å². The van der Waals surface area contributed by atoms with Crippen LogP contribution < -0.4 is 4.72 Å². The molecule has 0 unspecified atom stereocenters. The molecule has 0 atom stereocenters. The van der Waals surface area contributed by atoms with Crippen molar-refractivity contribution in [3.8, 4) is 0 Å². The Kier molecular flexibility index (Phi) is 2.62. The van der Waals surface area contributed by atoms with E-state index in [0.29, 0.717) is 22.4 Å². The maximum atomic E-state index is 12.0. The summed E-state index contributed by atoms with van der Waals surface area (Å²) in [4.78, 5) is 0.291. The zero-order valence-electron chi connectivity index (χ0n) is 9.27. The van der Waals surface area contributed by atoms with Gasteiger partial charge >= 0.3 is 0 Å². The first-order valence-electron chi connectivity index (χ1n) is 5.42. The lowest BCUT2D eigenvalue weighted by Crippen LogP contribution is -2.06. The molecule has 3 rings (SSSR count). The van der Waals surface area contributed by atoms with E-state index in [1.807, 2.05) is 12.1 Å². The highest BCUT2D eigenvalue weighted by Crippen LogP contribution is 2.42. The number of aliphatic hydroxyl groups is 1. The smallest absolute Gasteiger partial charge is 0.262 e. The molecule has 6 heteroatoms. The monoisotopic (exact) mass is 327 g/mol. The van der Waals surface area contributed by atoms with E-state index in [0.717, 1.165) is 15.4 Å². The first-order chi connectivity index (χ1) is 8.54. The van der Waals surface area contributed by atoms with E-state index in [4.69, 9.17) is 5.11 Å². The van der Waals surface area contributed by atoms with E-state index in [9.17, 15) is 8.42 Å². The van der Waals surface area contributed by atoms with Gasteiger partial charge in [0.1, 0.15) is 0 Å². The molecule has 18 heavy (non-hydrogen) atoms. The number of anilines is 1. The Morgan fingerprint density at radius 2 is 2.11 bits per heavy atom. The number of hydrogen-bond acceptors (Lipinski definition) is 3. The molecule has 0 aliphatic carbocycles. The van der Waals surface area contributed by atoms with Crippen LogP contribution in [0.4, 0.5) is 5.69 Å². The van der Waals surface area contributed by atoms with Gasteiger partial charge in [0.2, 0.25) is 0 Å². The molecule has 2 N–H and O–H groups in total. The van der Waals surface area contributed by atoms with Crippen LogP contribution in [0.1, 0.15) is 5.56 Å². The Bertz CT molecular complexity index is 755. The Morgan fingerprint density at radius 3 is 2.83 bits per heavy atom. The lowest BCUT2D eigenvalue weighted by Gasteiger charge is -2.08. The summed E-state index contributed by atoms with van der Waals surface area (Å²) >= 11 is 3.48. The zero-order chi connectivity index (χ0) is 12.9. The van der Waals surface area contributed by atoms with E-state index < -0.39 is 10.0 Å². The number of nitrogens with one attached hydrogen (secondary N) is 1. The predicted octanol–water partition coefficient (Wildman–Crippen LogP) is 2.25. The summed E-state index contributed by atoms with van der Waals surface area (Å²) in [6, 6.07) is 7.05. The van der Waals surface area contributed by atoms with E-state index in [1.54, 1.807) is 12.1 Å². The number of halogens is 1.